The summed E-state index contributed by atoms with van der Waals surface area (Å²) < 4.78 is 5.28. The first-order chi connectivity index (χ1) is 7.72. The van der Waals surface area contributed by atoms with Gasteiger partial charge < -0.3 is 21.1 Å². The molecule has 1 aromatic rings. The van der Waals surface area contributed by atoms with Crippen molar-refractivity contribution < 1.29 is 4.74 Å². The second kappa shape index (κ2) is 5.29. The van der Waals surface area contributed by atoms with Crippen molar-refractivity contribution in [2.75, 3.05) is 37.7 Å². The molecule has 1 saturated heterocycles. The summed E-state index contributed by atoms with van der Waals surface area (Å²) >= 11 is 7.56. The van der Waals surface area contributed by atoms with Gasteiger partial charge in [-0.05, 0) is 0 Å². The van der Waals surface area contributed by atoms with Gasteiger partial charge in [-0.15, -0.1) is 0 Å². The van der Waals surface area contributed by atoms with Crippen LogP contribution in [0.25, 0.3) is 0 Å². The standard InChI is InChI=1S/C9H15ClN4OS/c10-8-7(6(12)5-11)16-9(13-8)14-1-3-15-4-2-14/h6H,1-5,11-12H2. The van der Waals surface area contributed by atoms with Crippen molar-refractivity contribution in [3.8, 4) is 0 Å². The molecule has 1 aliphatic heterocycles. The largest absolute Gasteiger partial charge is 0.378 e. The number of thiazole rings is 1. The van der Waals surface area contributed by atoms with Gasteiger partial charge in [0, 0.05) is 19.6 Å². The molecular weight excluding hydrogens is 248 g/mol. The number of anilines is 1. The molecule has 1 aliphatic rings. The maximum absolute atomic E-state index is 6.04. The quantitative estimate of drug-likeness (QED) is 0.834. The molecule has 7 heteroatoms. The van der Waals surface area contributed by atoms with Crippen LogP contribution in [-0.4, -0.2) is 37.8 Å². The summed E-state index contributed by atoms with van der Waals surface area (Å²) in [6.45, 7) is 3.54. The monoisotopic (exact) mass is 262 g/mol. The maximum atomic E-state index is 6.04. The lowest BCUT2D eigenvalue weighted by molar-refractivity contribution is 0.122. The van der Waals surface area contributed by atoms with E-state index >= 15 is 0 Å². The van der Waals surface area contributed by atoms with E-state index in [1.54, 1.807) is 0 Å². The molecule has 1 atom stereocenters. The number of halogens is 1. The summed E-state index contributed by atoms with van der Waals surface area (Å²) in [6, 6.07) is -0.222. The van der Waals surface area contributed by atoms with Crippen molar-refractivity contribution in [1.29, 1.82) is 0 Å². The van der Waals surface area contributed by atoms with Gasteiger partial charge in [-0.1, -0.05) is 22.9 Å². The van der Waals surface area contributed by atoms with E-state index in [1.165, 1.54) is 11.3 Å². The summed E-state index contributed by atoms with van der Waals surface area (Å²) in [5.74, 6) is 0. The zero-order chi connectivity index (χ0) is 11.5. The molecule has 5 nitrogen and oxygen atoms in total. The zero-order valence-corrected chi connectivity index (χ0v) is 10.4. The van der Waals surface area contributed by atoms with E-state index in [2.05, 4.69) is 9.88 Å². The van der Waals surface area contributed by atoms with E-state index in [9.17, 15) is 0 Å². The Morgan fingerprint density at radius 2 is 2.19 bits per heavy atom. The summed E-state index contributed by atoms with van der Waals surface area (Å²) in [7, 11) is 0. The Labute approximate surface area is 103 Å². The van der Waals surface area contributed by atoms with Crippen molar-refractivity contribution in [1.82, 2.24) is 4.98 Å². The molecule has 2 heterocycles. The molecular formula is C9H15ClN4OS. The number of aromatic nitrogens is 1. The van der Waals surface area contributed by atoms with E-state index in [1.807, 2.05) is 0 Å². The number of rotatable bonds is 3. The fraction of sp³-hybridized carbons (Fsp3) is 0.667. The van der Waals surface area contributed by atoms with Crippen LogP contribution in [0.3, 0.4) is 0 Å². The molecule has 0 amide bonds. The summed E-state index contributed by atoms with van der Waals surface area (Å²) in [6.07, 6.45) is 0. The van der Waals surface area contributed by atoms with E-state index in [4.69, 9.17) is 27.8 Å². The van der Waals surface area contributed by atoms with Gasteiger partial charge in [0.05, 0.1) is 24.1 Å². The average molecular weight is 263 g/mol. The molecule has 0 spiro atoms. The Hall–Kier alpha value is -0.400. The van der Waals surface area contributed by atoms with Crippen LogP contribution >= 0.6 is 22.9 Å². The van der Waals surface area contributed by atoms with Crippen LogP contribution in [0, 0.1) is 0 Å². The number of hydrogen-bond donors (Lipinski definition) is 2. The predicted molar refractivity (Wildman–Crippen MR) is 66.1 cm³/mol. The third-order valence-corrected chi connectivity index (χ3v) is 4.12. The third kappa shape index (κ3) is 2.46. The van der Waals surface area contributed by atoms with Crippen LogP contribution in [-0.2, 0) is 4.74 Å². The molecule has 0 aliphatic carbocycles. The van der Waals surface area contributed by atoms with Crippen LogP contribution in [0.5, 0.6) is 0 Å². The highest BCUT2D eigenvalue weighted by atomic mass is 35.5. The van der Waals surface area contributed by atoms with E-state index in [0.29, 0.717) is 11.7 Å². The molecule has 90 valence electrons. The van der Waals surface area contributed by atoms with E-state index in [-0.39, 0.29) is 6.04 Å². The summed E-state index contributed by atoms with van der Waals surface area (Å²) in [5.41, 5.74) is 11.4. The molecule has 1 unspecified atom stereocenters. The number of ether oxygens (including phenoxy) is 1. The van der Waals surface area contributed by atoms with Crippen LogP contribution in [0.1, 0.15) is 10.9 Å². The maximum Gasteiger partial charge on any atom is 0.187 e. The van der Waals surface area contributed by atoms with Gasteiger partial charge in [-0.3, -0.25) is 0 Å². The van der Waals surface area contributed by atoms with Gasteiger partial charge in [0.2, 0.25) is 0 Å². The number of nitrogens with two attached hydrogens (primary N) is 2. The van der Waals surface area contributed by atoms with Crippen molar-refractivity contribution in [3.63, 3.8) is 0 Å². The summed E-state index contributed by atoms with van der Waals surface area (Å²) in [4.78, 5) is 7.35. The fourth-order valence-corrected chi connectivity index (χ4v) is 2.94. The molecule has 0 saturated carbocycles. The lowest BCUT2D eigenvalue weighted by Gasteiger charge is -2.26. The van der Waals surface area contributed by atoms with E-state index in [0.717, 1.165) is 36.3 Å². The minimum atomic E-state index is -0.222. The second-order valence-corrected chi connectivity index (χ2v) is 4.96. The van der Waals surface area contributed by atoms with E-state index < -0.39 is 0 Å². The Morgan fingerprint density at radius 1 is 1.50 bits per heavy atom. The van der Waals surface area contributed by atoms with Crippen LogP contribution in [0.15, 0.2) is 0 Å². The Morgan fingerprint density at radius 3 is 2.81 bits per heavy atom. The normalized spacial score (nSPS) is 18.8. The molecule has 0 radical (unpaired) electrons. The molecule has 0 aromatic carbocycles. The first kappa shape index (κ1) is 12.1. The summed E-state index contributed by atoms with van der Waals surface area (Å²) in [5, 5.41) is 1.39. The van der Waals surface area contributed by atoms with Gasteiger partial charge >= 0.3 is 0 Å². The highest BCUT2D eigenvalue weighted by molar-refractivity contribution is 7.16. The van der Waals surface area contributed by atoms with Crippen LogP contribution in [0.2, 0.25) is 5.15 Å². The van der Waals surface area contributed by atoms with Crippen molar-refractivity contribution in [2.45, 2.75) is 6.04 Å². The average Bonchev–Trinajstić information content (AvgIpc) is 2.71. The highest BCUT2D eigenvalue weighted by Crippen LogP contribution is 2.33. The molecule has 2 rings (SSSR count). The van der Waals surface area contributed by atoms with Gasteiger partial charge in [0.25, 0.3) is 0 Å². The lowest BCUT2D eigenvalue weighted by atomic mass is 10.3. The van der Waals surface area contributed by atoms with Crippen molar-refractivity contribution in [2.24, 2.45) is 11.5 Å². The minimum absolute atomic E-state index is 0.222. The number of nitrogens with zero attached hydrogens (tertiary/aromatic N) is 2. The first-order valence-corrected chi connectivity index (χ1v) is 6.36. The third-order valence-electron chi connectivity index (χ3n) is 2.47. The number of morpholine rings is 1. The Bertz CT molecular complexity index is 353. The smallest absolute Gasteiger partial charge is 0.187 e. The van der Waals surface area contributed by atoms with Gasteiger partial charge in [-0.2, -0.15) is 0 Å². The second-order valence-electron chi connectivity index (χ2n) is 3.59. The zero-order valence-electron chi connectivity index (χ0n) is 8.86. The SMILES string of the molecule is NCC(N)c1sc(N2CCOCC2)nc1Cl. The highest BCUT2D eigenvalue weighted by Gasteiger charge is 2.20. The fourth-order valence-electron chi connectivity index (χ4n) is 1.53. The Balaban J connectivity index is 2.16. The van der Waals surface area contributed by atoms with Gasteiger partial charge in [-0.25, -0.2) is 4.98 Å². The Kier molecular flexibility index (Phi) is 3.99. The molecule has 1 aromatic heterocycles. The van der Waals surface area contributed by atoms with Crippen molar-refractivity contribution in [3.05, 3.63) is 10.0 Å². The topological polar surface area (TPSA) is 77.4 Å². The van der Waals surface area contributed by atoms with Crippen LogP contribution in [0.4, 0.5) is 5.13 Å². The van der Waals surface area contributed by atoms with Gasteiger partial charge in [0.15, 0.2) is 5.13 Å². The van der Waals surface area contributed by atoms with Crippen molar-refractivity contribution >= 4 is 28.1 Å². The molecule has 0 bridgehead atoms. The minimum Gasteiger partial charge on any atom is -0.378 e. The molecule has 4 N–H and O–H groups in total. The molecule has 16 heavy (non-hydrogen) atoms. The predicted octanol–water partition coefficient (Wildman–Crippen LogP) is 0.592. The lowest BCUT2D eigenvalue weighted by Crippen LogP contribution is -2.36. The first-order valence-electron chi connectivity index (χ1n) is 5.17. The molecule has 1 fully saturated rings. The number of hydrogen-bond acceptors (Lipinski definition) is 6. The van der Waals surface area contributed by atoms with Gasteiger partial charge in [0.1, 0.15) is 5.15 Å². The van der Waals surface area contributed by atoms with Crippen LogP contribution < -0.4 is 16.4 Å².